The molecule has 0 saturated carbocycles. The van der Waals surface area contributed by atoms with Crippen molar-refractivity contribution in [1.82, 2.24) is 9.88 Å². The molecule has 2 rings (SSSR count). The summed E-state index contributed by atoms with van der Waals surface area (Å²) < 4.78 is 5.32. The van der Waals surface area contributed by atoms with Gasteiger partial charge in [-0.15, -0.1) is 0 Å². The van der Waals surface area contributed by atoms with E-state index in [4.69, 9.17) is 10.5 Å². The van der Waals surface area contributed by atoms with Gasteiger partial charge in [-0.1, -0.05) is 0 Å². The molecule has 0 aromatic carbocycles. The van der Waals surface area contributed by atoms with Gasteiger partial charge in [-0.05, 0) is 18.1 Å². The number of pyridine rings is 1. The topological polar surface area (TPSA) is 51.4 Å². The number of nitrogens with two attached hydrogens (primary N) is 1. The Morgan fingerprint density at radius 1 is 1.67 bits per heavy atom. The minimum atomic E-state index is 0.382. The molecule has 1 aromatic heterocycles. The van der Waals surface area contributed by atoms with Gasteiger partial charge in [0, 0.05) is 32.9 Å². The van der Waals surface area contributed by atoms with Crippen molar-refractivity contribution >= 4 is 5.69 Å². The molecule has 82 valence electrons. The van der Waals surface area contributed by atoms with Crippen molar-refractivity contribution in [2.75, 3.05) is 25.9 Å². The lowest BCUT2D eigenvalue weighted by molar-refractivity contribution is 0.107. The van der Waals surface area contributed by atoms with E-state index in [-0.39, 0.29) is 0 Å². The summed E-state index contributed by atoms with van der Waals surface area (Å²) >= 11 is 0. The van der Waals surface area contributed by atoms with Crippen LogP contribution in [0.3, 0.4) is 0 Å². The smallest absolute Gasteiger partial charge is 0.0710 e. The zero-order valence-electron chi connectivity index (χ0n) is 9.02. The van der Waals surface area contributed by atoms with Crippen molar-refractivity contribution in [3.8, 4) is 0 Å². The second kappa shape index (κ2) is 4.59. The Balaban J connectivity index is 1.96. The predicted molar refractivity (Wildman–Crippen MR) is 59.3 cm³/mol. The Morgan fingerprint density at radius 3 is 3.20 bits per heavy atom. The fourth-order valence-electron chi connectivity index (χ4n) is 1.95. The number of hydrogen-bond donors (Lipinski definition) is 1. The van der Waals surface area contributed by atoms with E-state index in [0.29, 0.717) is 6.10 Å². The van der Waals surface area contributed by atoms with Crippen LogP contribution in [0.4, 0.5) is 5.69 Å². The van der Waals surface area contributed by atoms with E-state index >= 15 is 0 Å². The van der Waals surface area contributed by atoms with Gasteiger partial charge in [0.1, 0.15) is 0 Å². The summed E-state index contributed by atoms with van der Waals surface area (Å²) in [7, 11) is 1.77. The van der Waals surface area contributed by atoms with Gasteiger partial charge in [-0.25, -0.2) is 0 Å². The molecule has 15 heavy (non-hydrogen) atoms. The van der Waals surface area contributed by atoms with Crippen molar-refractivity contribution in [3.63, 3.8) is 0 Å². The molecular weight excluding hydrogens is 190 g/mol. The Kier molecular flexibility index (Phi) is 3.18. The van der Waals surface area contributed by atoms with Crippen LogP contribution in [0.5, 0.6) is 0 Å². The highest BCUT2D eigenvalue weighted by atomic mass is 16.5. The van der Waals surface area contributed by atoms with Gasteiger partial charge >= 0.3 is 0 Å². The normalized spacial score (nSPS) is 22.1. The van der Waals surface area contributed by atoms with Crippen LogP contribution in [0.1, 0.15) is 12.0 Å². The molecule has 1 fully saturated rings. The van der Waals surface area contributed by atoms with E-state index in [1.165, 1.54) is 0 Å². The van der Waals surface area contributed by atoms with E-state index in [2.05, 4.69) is 9.88 Å². The zero-order chi connectivity index (χ0) is 10.7. The molecule has 0 bridgehead atoms. The van der Waals surface area contributed by atoms with E-state index in [9.17, 15) is 0 Å². The molecule has 2 N–H and O–H groups in total. The first-order chi connectivity index (χ1) is 7.29. The van der Waals surface area contributed by atoms with E-state index in [1.807, 2.05) is 6.07 Å². The number of aromatic nitrogens is 1. The summed E-state index contributed by atoms with van der Waals surface area (Å²) in [6, 6.07) is 1.98. The fraction of sp³-hybridized carbons (Fsp3) is 0.545. The summed E-state index contributed by atoms with van der Waals surface area (Å²) in [5.74, 6) is 0. The van der Waals surface area contributed by atoms with Gasteiger partial charge < -0.3 is 10.5 Å². The second-order valence-corrected chi connectivity index (χ2v) is 3.96. The number of nitrogen functional groups attached to an aromatic ring is 1. The SMILES string of the molecule is CO[C@@H]1CCN(Cc2ccncc2N)C1. The average Bonchev–Trinajstić information content (AvgIpc) is 2.69. The third kappa shape index (κ3) is 2.46. The number of methoxy groups -OCH3 is 1. The van der Waals surface area contributed by atoms with Crippen molar-refractivity contribution in [2.24, 2.45) is 0 Å². The molecule has 1 atom stereocenters. The lowest BCUT2D eigenvalue weighted by atomic mass is 10.2. The van der Waals surface area contributed by atoms with Gasteiger partial charge in [0.05, 0.1) is 18.0 Å². The maximum absolute atomic E-state index is 5.85. The maximum atomic E-state index is 5.85. The average molecular weight is 207 g/mol. The molecule has 4 heteroatoms. The molecule has 0 unspecified atom stereocenters. The summed E-state index contributed by atoms with van der Waals surface area (Å²) in [5.41, 5.74) is 7.78. The van der Waals surface area contributed by atoms with Crippen molar-refractivity contribution in [2.45, 2.75) is 19.1 Å². The lowest BCUT2D eigenvalue weighted by Crippen LogP contribution is -2.22. The quantitative estimate of drug-likeness (QED) is 0.799. The first kappa shape index (κ1) is 10.4. The molecule has 1 aliphatic heterocycles. The van der Waals surface area contributed by atoms with Gasteiger partial charge in [0.15, 0.2) is 0 Å². The first-order valence-electron chi connectivity index (χ1n) is 5.23. The van der Waals surface area contributed by atoms with Gasteiger partial charge in [-0.2, -0.15) is 0 Å². The summed E-state index contributed by atoms with van der Waals surface area (Å²) in [5, 5.41) is 0. The van der Waals surface area contributed by atoms with Crippen molar-refractivity contribution in [3.05, 3.63) is 24.0 Å². The largest absolute Gasteiger partial charge is 0.397 e. The third-order valence-electron chi connectivity index (χ3n) is 2.90. The zero-order valence-corrected chi connectivity index (χ0v) is 9.02. The van der Waals surface area contributed by atoms with Crippen molar-refractivity contribution in [1.29, 1.82) is 0 Å². The van der Waals surface area contributed by atoms with Crippen LogP contribution in [-0.2, 0) is 11.3 Å². The minimum absolute atomic E-state index is 0.382. The van der Waals surface area contributed by atoms with E-state index in [0.717, 1.165) is 37.3 Å². The Labute approximate surface area is 90.0 Å². The van der Waals surface area contributed by atoms with Crippen LogP contribution < -0.4 is 5.73 Å². The molecule has 0 aliphatic carbocycles. The molecule has 1 aliphatic rings. The molecular formula is C11H17N3O. The molecule has 1 aromatic rings. The van der Waals surface area contributed by atoms with Crippen LogP contribution in [0, 0.1) is 0 Å². The second-order valence-electron chi connectivity index (χ2n) is 3.96. The van der Waals surface area contributed by atoms with Gasteiger partial charge in [-0.3, -0.25) is 9.88 Å². The van der Waals surface area contributed by atoms with E-state index < -0.39 is 0 Å². The van der Waals surface area contributed by atoms with E-state index in [1.54, 1.807) is 19.5 Å². The number of ether oxygens (including phenoxy) is 1. The van der Waals surface area contributed by atoms with Gasteiger partial charge in [0.25, 0.3) is 0 Å². The highest BCUT2D eigenvalue weighted by Crippen LogP contribution is 2.17. The summed E-state index contributed by atoms with van der Waals surface area (Å²) in [4.78, 5) is 6.34. The monoisotopic (exact) mass is 207 g/mol. The minimum Gasteiger partial charge on any atom is -0.397 e. The maximum Gasteiger partial charge on any atom is 0.0710 e. The Morgan fingerprint density at radius 2 is 2.53 bits per heavy atom. The molecule has 0 spiro atoms. The standard InChI is InChI=1S/C11H17N3O/c1-15-10-3-5-14(8-10)7-9-2-4-13-6-11(9)12/h2,4,6,10H,3,5,7-8,12H2,1H3/t10-/m1/s1. The number of rotatable bonds is 3. The fourth-order valence-corrected chi connectivity index (χ4v) is 1.95. The van der Waals surface area contributed by atoms with Crippen LogP contribution in [0.2, 0.25) is 0 Å². The Bertz CT molecular complexity index is 329. The van der Waals surface area contributed by atoms with Crippen LogP contribution in [0.25, 0.3) is 0 Å². The molecule has 2 heterocycles. The number of hydrogen-bond acceptors (Lipinski definition) is 4. The highest BCUT2D eigenvalue weighted by molar-refractivity contribution is 5.43. The predicted octanol–water partition coefficient (Wildman–Crippen LogP) is 0.884. The third-order valence-corrected chi connectivity index (χ3v) is 2.90. The first-order valence-corrected chi connectivity index (χ1v) is 5.23. The van der Waals surface area contributed by atoms with Gasteiger partial charge in [0.2, 0.25) is 0 Å². The molecule has 0 amide bonds. The highest BCUT2D eigenvalue weighted by Gasteiger charge is 2.22. The van der Waals surface area contributed by atoms with Crippen LogP contribution >= 0.6 is 0 Å². The summed E-state index contributed by atoms with van der Waals surface area (Å²) in [6.07, 6.45) is 4.99. The summed E-state index contributed by atoms with van der Waals surface area (Å²) in [6.45, 7) is 2.98. The molecule has 4 nitrogen and oxygen atoms in total. The Hall–Kier alpha value is -1.13. The lowest BCUT2D eigenvalue weighted by Gasteiger charge is -2.16. The molecule has 1 saturated heterocycles. The van der Waals surface area contributed by atoms with Crippen molar-refractivity contribution < 1.29 is 4.74 Å². The van der Waals surface area contributed by atoms with Crippen LogP contribution in [-0.4, -0.2) is 36.2 Å². The van der Waals surface area contributed by atoms with Crippen LogP contribution in [0.15, 0.2) is 18.5 Å². The number of likely N-dealkylation sites (tertiary alicyclic amines) is 1. The molecule has 0 radical (unpaired) electrons. The number of anilines is 1. The number of nitrogens with zero attached hydrogens (tertiary/aromatic N) is 2.